The van der Waals surface area contributed by atoms with Crippen LogP contribution in [-0.4, -0.2) is 64.1 Å². The Morgan fingerprint density at radius 3 is 2.67 bits per heavy atom. The number of hydrogen-bond donors (Lipinski definition) is 1. The first-order valence-electron chi connectivity index (χ1n) is 7.91. The quantitative estimate of drug-likeness (QED) is 0.866. The molecule has 0 aromatic rings. The van der Waals surface area contributed by atoms with E-state index < -0.39 is 11.4 Å². The van der Waals surface area contributed by atoms with Crippen molar-refractivity contribution in [3.63, 3.8) is 0 Å². The largest absolute Gasteiger partial charge is 0.481 e. The Hall–Kier alpha value is -0.910. The Morgan fingerprint density at radius 1 is 1.29 bits per heavy atom. The molecule has 2 unspecified atom stereocenters. The van der Waals surface area contributed by atoms with Crippen molar-refractivity contribution in [2.24, 2.45) is 5.41 Å². The number of likely N-dealkylation sites (tertiary alicyclic amines) is 1. The Bertz CT molecular complexity index is 404. The maximum absolute atomic E-state index is 12.6. The average molecular weight is 314 g/mol. The number of thioether (sulfide) groups is 1. The third-order valence-electron chi connectivity index (χ3n) is 4.67. The summed E-state index contributed by atoms with van der Waals surface area (Å²) in [5.41, 5.74) is -0.723. The van der Waals surface area contributed by atoms with Crippen LogP contribution in [0.2, 0.25) is 0 Å². The molecule has 6 heteroatoms. The highest BCUT2D eigenvalue weighted by atomic mass is 32.2. The van der Waals surface area contributed by atoms with Gasteiger partial charge in [-0.05, 0) is 19.3 Å². The Labute approximate surface area is 131 Å². The highest BCUT2D eigenvalue weighted by molar-refractivity contribution is 8.00. The van der Waals surface area contributed by atoms with Gasteiger partial charge in [0.1, 0.15) is 0 Å². The fourth-order valence-electron chi connectivity index (χ4n) is 3.34. The van der Waals surface area contributed by atoms with Gasteiger partial charge in [0.25, 0.3) is 0 Å². The van der Waals surface area contributed by atoms with Crippen LogP contribution >= 0.6 is 11.8 Å². The number of nitrogens with zero attached hydrogens (tertiary/aromatic N) is 2. The molecule has 0 aliphatic carbocycles. The van der Waals surface area contributed by atoms with E-state index in [9.17, 15) is 14.7 Å². The van der Waals surface area contributed by atoms with Crippen molar-refractivity contribution in [2.75, 3.05) is 31.9 Å². The first kappa shape index (κ1) is 16.5. The summed E-state index contributed by atoms with van der Waals surface area (Å²) in [6.07, 6.45) is 3.15. The molecule has 2 aliphatic rings. The highest BCUT2D eigenvalue weighted by Gasteiger charge is 2.46. The zero-order valence-electron chi connectivity index (χ0n) is 13.0. The van der Waals surface area contributed by atoms with E-state index in [1.54, 1.807) is 4.90 Å². The van der Waals surface area contributed by atoms with Gasteiger partial charge in [-0.25, -0.2) is 4.79 Å². The number of rotatable bonds is 4. The topological polar surface area (TPSA) is 60.9 Å². The van der Waals surface area contributed by atoms with Crippen LogP contribution in [0.15, 0.2) is 0 Å². The van der Waals surface area contributed by atoms with Crippen LogP contribution < -0.4 is 0 Å². The van der Waals surface area contributed by atoms with E-state index in [0.717, 1.165) is 31.7 Å². The minimum absolute atomic E-state index is 0.0352. The van der Waals surface area contributed by atoms with Gasteiger partial charge in [-0.15, -0.1) is 0 Å². The minimum atomic E-state index is -0.750. The molecule has 0 radical (unpaired) electrons. The van der Waals surface area contributed by atoms with Crippen molar-refractivity contribution in [2.45, 2.75) is 44.8 Å². The lowest BCUT2D eigenvalue weighted by Crippen LogP contribution is -2.49. The number of carboxylic acids is 1. The van der Waals surface area contributed by atoms with Crippen LogP contribution in [0.1, 0.15) is 39.5 Å². The van der Waals surface area contributed by atoms with E-state index in [-0.39, 0.29) is 6.03 Å². The fraction of sp³-hybridized carbons (Fsp3) is 0.867. The van der Waals surface area contributed by atoms with Crippen LogP contribution in [0.5, 0.6) is 0 Å². The predicted molar refractivity (Wildman–Crippen MR) is 84.7 cm³/mol. The summed E-state index contributed by atoms with van der Waals surface area (Å²) in [5.74, 6) is 0.234. The molecule has 0 saturated carbocycles. The molecule has 2 atom stereocenters. The lowest BCUT2D eigenvalue weighted by molar-refractivity contribution is -0.148. The first-order chi connectivity index (χ1) is 10.0. The van der Waals surface area contributed by atoms with Crippen molar-refractivity contribution in [3.8, 4) is 0 Å². The summed E-state index contributed by atoms with van der Waals surface area (Å²) < 4.78 is 0. The molecule has 0 aromatic carbocycles. The number of urea groups is 1. The molecule has 2 fully saturated rings. The summed E-state index contributed by atoms with van der Waals surface area (Å²) in [6, 6.07) is 0.0352. The van der Waals surface area contributed by atoms with Crippen LogP contribution in [0, 0.1) is 5.41 Å². The Kier molecular flexibility index (Phi) is 5.41. The van der Waals surface area contributed by atoms with Gasteiger partial charge < -0.3 is 14.9 Å². The summed E-state index contributed by atoms with van der Waals surface area (Å²) in [4.78, 5) is 27.9. The van der Waals surface area contributed by atoms with Crippen LogP contribution in [-0.2, 0) is 4.79 Å². The normalized spacial score (nSPS) is 29.7. The first-order valence-corrected chi connectivity index (χ1v) is 8.96. The van der Waals surface area contributed by atoms with E-state index in [1.807, 2.05) is 23.6 Å². The van der Waals surface area contributed by atoms with Gasteiger partial charge in [0.2, 0.25) is 0 Å². The lowest BCUT2D eigenvalue weighted by atomic mass is 9.83. The Morgan fingerprint density at radius 2 is 2.05 bits per heavy atom. The number of carbonyl (C=O) groups excluding carboxylic acids is 1. The fourth-order valence-corrected chi connectivity index (χ4v) is 4.52. The summed E-state index contributed by atoms with van der Waals surface area (Å²) in [7, 11) is 0. The molecule has 2 rings (SSSR count). The van der Waals surface area contributed by atoms with E-state index in [0.29, 0.717) is 31.2 Å². The third-order valence-corrected chi connectivity index (χ3v) is 6.04. The molecule has 2 saturated heterocycles. The van der Waals surface area contributed by atoms with Gasteiger partial charge in [0.15, 0.2) is 0 Å². The van der Waals surface area contributed by atoms with Gasteiger partial charge in [0.05, 0.1) is 5.41 Å². The molecule has 2 heterocycles. The van der Waals surface area contributed by atoms with Crippen molar-refractivity contribution in [1.82, 2.24) is 9.80 Å². The SMILES string of the molecule is CCCC1(C(=O)O)CCN(C(=O)N2CCSC(CC)C2)C1. The summed E-state index contributed by atoms with van der Waals surface area (Å²) >= 11 is 1.93. The molecule has 0 aromatic heterocycles. The monoisotopic (exact) mass is 314 g/mol. The van der Waals surface area contributed by atoms with E-state index in [1.165, 1.54) is 0 Å². The van der Waals surface area contributed by atoms with Crippen molar-refractivity contribution < 1.29 is 14.7 Å². The molecule has 0 spiro atoms. The minimum Gasteiger partial charge on any atom is -0.481 e. The molecule has 2 aliphatic heterocycles. The van der Waals surface area contributed by atoms with Crippen LogP contribution in [0.25, 0.3) is 0 Å². The molecule has 5 nitrogen and oxygen atoms in total. The Balaban J connectivity index is 1.99. The second kappa shape index (κ2) is 6.90. The maximum Gasteiger partial charge on any atom is 0.320 e. The molecular weight excluding hydrogens is 288 g/mol. The number of carboxylic acid groups (broad SMARTS) is 1. The molecule has 21 heavy (non-hydrogen) atoms. The van der Waals surface area contributed by atoms with E-state index in [2.05, 4.69) is 6.92 Å². The average Bonchev–Trinajstić information content (AvgIpc) is 2.92. The number of aliphatic carboxylic acids is 1. The van der Waals surface area contributed by atoms with E-state index >= 15 is 0 Å². The van der Waals surface area contributed by atoms with Crippen molar-refractivity contribution in [1.29, 1.82) is 0 Å². The molecular formula is C15H26N2O3S. The van der Waals surface area contributed by atoms with Gasteiger partial charge >= 0.3 is 12.0 Å². The van der Waals surface area contributed by atoms with Gasteiger partial charge in [-0.2, -0.15) is 11.8 Å². The predicted octanol–water partition coefficient (Wildman–Crippen LogP) is 2.51. The molecule has 120 valence electrons. The van der Waals surface area contributed by atoms with Crippen LogP contribution in [0.4, 0.5) is 4.79 Å². The number of amides is 2. The second-order valence-electron chi connectivity index (χ2n) is 6.14. The number of carbonyl (C=O) groups is 2. The lowest BCUT2D eigenvalue weighted by Gasteiger charge is -2.35. The van der Waals surface area contributed by atoms with Crippen molar-refractivity contribution in [3.05, 3.63) is 0 Å². The van der Waals surface area contributed by atoms with E-state index in [4.69, 9.17) is 0 Å². The van der Waals surface area contributed by atoms with Gasteiger partial charge in [-0.1, -0.05) is 20.3 Å². The number of hydrogen-bond acceptors (Lipinski definition) is 3. The summed E-state index contributed by atoms with van der Waals surface area (Å²) in [5, 5.41) is 10.0. The molecule has 1 N–H and O–H groups in total. The zero-order valence-corrected chi connectivity index (χ0v) is 13.8. The molecule has 0 bridgehead atoms. The van der Waals surface area contributed by atoms with Gasteiger partial charge in [0, 0.05) is 37.2 Å². The standard InChI is InChI=1S/C15H26N2O3S/c1-3-5-15(13(18)19)6-7-17(11-15)14(20)16-8-9-21-12(4-2)10-16/h12H,3-11H2,1-2H3,(H,18,19). The third kappa shape index (κ3) is 3.47. The zero-order chi connectivity index (χ0) is 15.5. The maximum atomic E-state index is 12.6. The molecule has 2 amide bonds. The van der Waals surface area contributed by atoms with Crippen LogP contribution in [0.3, 0.4) is 0 Å². The smallest absolute Gasteiger partial charge is 0.320 e. The summed E-state index contributed by atoms with van der Waals surface area (Å²) in [6.45, 7) is 6.68. The highest BCUT2D eigenvalue weighted by Crippen LogP contribution is 2.36. The van der Waals surface area contributed by atoms with Gasteiger partial charge in [-0.3, -0.25) is 4.79 Å². The van der Waals surface area contributed by atoms with Crippen molar-refractivity contribution >= 4 is 23.8 Å². The second-order valence-corrected chi connectivity index (χ2v) is 7.54.